The van der Waals surface area contributed by atoms with Gasteiger partial charge in [0.05, 0.1) is 0 Å². The number of aliphatic carboxylic acids is 1. The minimum absolute atomic E-state index is 0.0774. The summed E-state index contributed by atoms with van der Waals surface area (Å²) in [5.74, 6) is -1.14. The van der Waals surface area contributed by atoms with Crippen LogP contribution in [0, 0.1) is 0 Å². The Kier molecular flexibility index (Phi) is 5.50. The zero-order chi connectivity index (χ0) is 15.3. The van der Waals surface area contributed by atoms with Crippen LogP contribution in [0.3, 0.4) is 0 Å². The molecule has 1 amide bonds. The van der Waals surface area contributed by atoms with E-state index in [0.717, 1.165) is 4.47 Å². The van der Waals surface area contributed by atoms with Gasteiger partial charge in [0.2, 0.25) is 0 Å². The van der Waals surface area contributed by atoms with Crippen molar-refractivity contribution in [1.82, 2.24) is 10.3 Å². The van der Waals surface area contributed by atoms with E-state index in [9.17, 15) is 9.59 Å². The normalized spacial score (nSPS) is 12.6. The van der Waals surface area contributed by atoms with E-state index in [2.05, 4.69) is 26.2 Å². The van der Waals surface area contributed by atoms with Crippen LogP contribution in [0.25, 0.3) is 0 Å². The third-order valence-corrected chi connectivity index (χ3v) is 2.67. The monoisotopic (exact) mass is 344 g/mol. The molecule has 0 unspecified atom stereocenters. The standard InChI is InChI=1S/C13H17BrN2O4/c1-13(2,3)20-12(19)16-10(11(17)18)7-9-6-8(14)4-5-15-9/h4-6,10H,7H2,1-3H3,(H,16,19)(H,17,18)/t10-/m0/s1. The number of hydrogen-bond acceptors (Lipinski definition) is 4. The zero-order valence-electron chi connectivity index (χ0n) is 11.5. The van der Waals surface area contributed by atoms with Crippen LogP contribution in [0.5, 0.6) is 0 Å². The second-order valence-electron chi connectivity index (χ2n) is 5.21. The van der Waals surface area contributed by atoms with Crippen LogP contribution in [-0.2, 0) is 16.0 Å². The molecule has 2 N–H and O–H groups in total. The van der Waals surface area contributed by atoms with E-state index in [1.807, 2.05) is 0 Å². The number of amides is 1. The van der Waals surface area contributed by atoms with Crippen LogP contribution in [0.2, 0.25) is 0 Å². The maximum Gasteiger partial charge on any atom is 0.408 e. The summed E-state index contributed by atoms with van der Waals surface area (Å²) in [6.07, 6.45) is 0.875. The van der Waals surface area contributed by atoms with Crippen molar-refractivity contribution < 1.29 is 19.4 Å². The van der Waals surface area contributed by atoms with Crippen molar-refractivity contribution in [2.24, 2.45) is 0 Å². The Bertz CT molecular complexity index is 499. The van der Waals surface area contributed by atoms with Crippen LogP contribution in [-0.4, -0.2) is 33.8 Å². The number of alkyl carbamates (subject to hydrolysis) is 1. The number of carboxylic acids is 1. The van der Waals surface area contributed by atoms with Gasteiger partial charge in [-0.2, -0.15) is 0 Å². The number of hydrogen-bond donors (Lipinski definition) is 2. The molecule has 110 valence electrons. The van der Waals surface area contributed by atoms with Crippen molar-refractivity contribution >= 4 is 28.0 Å². The Morgan fingerprint density at radius 1 is 1.50 bits per heavy atom. The maximum atomic E-state index is 11.6. The predicted molar refractivity (Wildman–Crippen MR) is 76.4 cm³/mol. The highest BCUT2D eigenvalue weighted by Gasteiger charge is 2.24. The molecule has 0 radical (unpaired) electrons. The van der Waals surface area contributed by atoms with E-state index in [1.165, 1.54) is 0 Å². The van der Waals surface area contributed by atoms with Crippen LogP contribution >= 0.6 is 15.9 Å². The van der Waals surface area contributed by atoms with Gasteiger partial charge in [-0.25, -0.2) is 9.59 Å². The molecule has 1 aromatic rings. The summed E-state index contributed by atoms with van der Waals surface area (Å²) in [6, 6.07) is 2.35. The molecule has 1 heterocycles. The van der Waals surface area contributed by atoms with E-state index >= 15 is 0 Å². The van der Waals surface area contributed by atoms with Crippen LogP contribution in [0.15, 0.2) is 22.8 Å². The highest BCUT2D eigenvalue weighted by molar-refractivity contribution is 9.10. The number of carbonyl (C=O) groups excluding carboxylic acids is 1. The van der Waals surface area contributed by atoms with Crippen molar-refractivity contribution in [3.63, 3.8) is 0 Å². The topological polar surface area (TPSA) is 88.5 Å². The van der Waals surface area contributed by atoms with Crippen molar-refractivity contribution in [2.45, 2.75) is 38.8 Å². The first-order valence-corrected chi connectivity index (χ1v) is 6.79. The smallest absolute Gasteiger partial charge is 0.408 e. The lowest BCUT2D eigenvalue weighted by atomic mass is 10.1. The molecule has 0 aliphatic carbocycles. The first kappa shape index (κ1) is 16.4. The molecule has 0 spiro atoms. The number of ether oxygens (including phenoxy) is 1. The van der Waals surface area contributed by atoms with Crippen molar-refractivity contribution in [1.29, 1.82) is 0 Å². The fourth-order valence-corrected chi connectivity index (χ4v) is 1.80. The summed E-state index contributed by atoms with van der Waals surface area (Å²) in [6.45, 7) is 5.12. The quantitative estimate of drug-likeness (QED) is 0.875. The van der Waals surface area contributed by atoms with E-state index in [1.54, 1.807) is 39.1 Å². The molecular weight excluding hydrogens is 328 g/mol. The molecule has 1 aromatic heterocycles. The minimum atomic E-state index is -1.14. The molecule has 0 aliphatic heterocycles. The summed E-state index contributed by atoms with van der Waals surface area (Å²) in [7, 11) is 0. The van der Waals surface area contributed by atoms with Gasteiger partial charge >= 0.3 is 12.1 Å². The lowest BCUT2D eigenvalue weighted by Gasteiger charge is -2.21. The summed E-state index contributed by atoms with van der Waals surface area (Å²) >= 11 is 3.28. The molecule has 0 aromatic carbocycles. The van der Waals surface area contributed by atoms with E-state index in [4.69, 9.17) is 9.84 Å². The molecule has 0 bridgehead atoms. The molecule has 0 fully saturated rings. The first-order valence-electron chi connectivity index (χ1n) is 6.00. The lowest BCUT2D eigenvalue weighted by molar-refractivity contribution is -0.139. The van der Waals surface area contributed by atoms with Gasteiger partial charge < -0.3 is 15.2 Å². The predicted octanol–water partition coefficient (Wildman–Crippen LogP) is 2.36. The molecule has 6 nitrogen and oxygen atoms in total. The lowest BCUT2D eigenvalue weighted by Crippen LogP contribution is -2.44. The Balaban J connectivity index is 2.71. The summed E-state index contributed by atoms with van der Waals surface area (Å²) in [5.41, 5.74) is -0.121. The van der Waals surface area contributed by atoms with Gasteiger partial charge in [-0.05, 0) is 32.9 Å². The molecule has 0 saturated carbocycles. The first-order chi connectivity index (χ1) is 9.17. The number of carbonyl (C=O) groups is 2. The van der Waals surface area contributed by atoms with Gasteiger partial charge in [0.1, 0.15) is 11.6 Å². The van der Waals surface area contributed by atoms with Crippen LogP contribution in [0.4, 0.5) is 4.79 Å². The van der Waals surface area contributed by atoms with Crippen LogP contribution < -0.4 is 5.32 Å². The molecule has 1 atom stereocenters. The molecule has 0 aliphatic rings. The number of rotatable bonds is 4. The van der Waals surface area contributed by atoms with Crippen molar-refractivity contribution in [3.05, 3.63) is 28.5 Å². The summed E-state index contributed by atoms with van der Waals surface area (Å²) in [5, 5.41) is 11.5. The van der Waals surface area contributed by atoms with E-state index < -0.39 is 23.7 Å². The minimum Gasteiger partial charge on any atom is -0.480 e. The molecule has 7 heteroatoms. The molecular formula is C13H17BrN2O4. The molecule has 1 rings (SSSR count). The SMILES string of the molecule is CC(C)(C)OC(=O)N[C@@H](Cc1cc(Br)ccn1)C(=O)O. The number of pyridine rings is 1. The van der Waals surface area contributed by atoms with Gasteiger partial charge in [0.25, 0.3) is 0 Å². The van der Waals surface area contributed by atoms with Gasteiger partial charge in [-0.3, -0.25) is 4.98 Å². The average molecular weight is 345 g/mol. The molecule has 0 saturated heterocycles. The summed E-state index contributed by atoms with van der Waals surface area (Å²) in [4.78, 5) is 26.8. The second kappa shape index (κ2) is 6.69. The largest absolute Gasteiger partial charge is 0.480 e. The number of halogens is 1. The van der Waals surface area contributed by atoms with Crippen molar-refractivity contribution in [2.75, 3.05) is 0 Å². The number of carboxylic acid groups (broad SMARTS) is 1. The van der Waals surface area contributed by atoms with Crippen LogP contribution in [0.1, 0.15) is 26.5 Å². The van der Waals surface area contributed by atoms with Gasteiger partial charge in [0.15, 0.2) is 0 Å². The summed E-state index contributed by atoms with van der Waals surface area (Å²) < 4.78 is 5.83. The Hall–Kier alpha value is -1.63. The van der Waals surface area contributed by atoms with Gasteiger partial charge in [-0.1, -0.05) is 15.9 Å². The number of nitrogens with zero attached hydrogens (tertiary/aromatic N) is 1. The fraction of sp³-hybridized carbons (Fsp3) is 0.462. The number of aromatic nitrogens is 1. The third-order valence-electron chi connectivity index (χ3n) is 2.18. The second-order valence-corrected chi connectivity index (χ2v) is 6.12. The Morgan fingerprint density at radius 3 is 2.65 bits per heavy atom. The molecule has 20 heavy (non-hydrogen) atoms. The highest BCUT2D eigenvalue weighted by atomic mass is 79.9. The van der Waals surface area contributed by atoms with Crippen molar-refractivity contribution in [3.8, 4) is 0 Å². The zero-order valence-corrected chi connectivity index (χ0v) is 13.1. The fourth-order valence-electron chi connectivity index (χ4n) is 1.42. The average Bonchev–Trinajstić information content (AvgIpc) is 2.25. The van der Waals surface area contributed by atoms with E-state index in [-0.39, 0.29) is 6.42 Å². The Morgan fingerprint density at radius 2 is 2.15 bits per heavy atom. The third kappa shape index (κ3) is 6.01. The highest BCUT2D eigenvalue weighted by Crippen LogP contribution is 2.11. The van der Waals surface area contributed by atoms with Gasteiger partial charge in [0, 0.05) is 22.8 Å². The van der Waals surface area contributed by atoms with Gasteiger partial charge in [-0.15, -0.1) is 0 Å². The van der Waals surface area contributed by atoms with E-state index in [0.29, 0.717) is 5.69 Å². The Labute approximate surface area is 125 Å². The number of nitrogens with one attached hydrogen (secondary N) is 1. The maximum absolute atomic E-state index is 11.6.